The van der Waals surface area contributed by atoms with Gasteiger partial charge in [-0.05, 0) is 19.9 Å². The third-order valence-electron chi connectivity index (χ3n) is 3.40. The molecule has 1 aliphatic rings. The zero-order chi connectivity index (χ0) is 12.4. The average molecular weight is 240 g/mol. The summed E-state index contributed by atoms with van der Waals surface area (Å²) in [6.45, 7) is 6.44. The Morgan fingerprint density at radius 2 is 1.88 bits per heavy atom. The second kappa shape index (κ2) is 5.10. The van der Waals surface area contributed by atoms with Gasteiger partial charge in [0.25, 0.3) is 0 Å². The van der Waals surface area contributed by atoms with E-state index in [1.807, 2.05) is 0 Å². The van der Waals surface area contributed by atoms with Crippen molar-refractivity contribution in [1.82, 2.24) is 10.2 Å². The maximum Gasteiger partial charge on any atom is 0.163 e. The Kier molecular flexibility index (Phi) is 3.74. The monoisotopic (exact) mass is 240 g/mol. The average Bonchev–Trinajstić information content (AvgIpc) is 2.29. The van der Waals surface area contributed by atoms with Crippen LogP contribution in [0.4, 0.5) is 8.78 Å². The van der Waals surface area contributed by atoms with Crippen LogP contribution in [0.5, 0.6) is 0 Å². The Bertz CT molecular complexity index is 385. The van der Waals surface area contributed by atoms with Gasteiger partial charge in [0.05, 0.1) is 0 Å². The van der Waals surface area contributed by atoms with Crippen molar-refractivity contribution in [1.29, 1.82) is 0 Å². The molecule has 2 atom stereocenters. The smallest absolute Gasteiger partial charge is 0.163 e. The third-order valence-corrected chi connectivity index (χ3v) is 3.40. The summed E-state index contributed by atoms with van der Waals surface area (Å²) < 4.78 is 26.7. The van der Waals surface area contributed by atoms with Gasteiger partial charge in [-0.25, -0.2) is 8.78 Å². The number of halogens is 2. The van der Waals surface area contributed by atoms with Crippen LogP contribution in [0.25, 0.3) is 0 Å². The van der Waals surface area contributed by atoms with Gasteiger partial charge in [-0.2, -0.15) is 0 Å². The molecule has 0 aromatic heterocycles. The lowest BCUT2D eigenvalue weighted by atomic mass is 10.1. The summed E-state index contributed by atoms with van der Waals surface area (Å²) in [5.74, 6) is -1.48. The fraction of sp³-hybridized carbons (Fsp3) is 0.538. The summed E-state index contributed by atoms with van der Waals surface area (Å²) in [5, 5.41) is 3.32. The minimum absolute atomic E-state index is 0.335. The highest BCUT2D eigenvalue weighted by Gasteiger charge is 2.25. The lowest BCUT2D eigenvalue weighted by Crippen LogP contribution is -2.54. The zero-order valence-corrected chi connectivity index (χ0v) is 10.2. The molecule has 17 heavy (non-hydrogen) atoms. The SMILES string of the molecule is CC1CNCC(C)N1Cc1cccc(F)c1F. The quantitative estimate of drug-likeness (QED) is 0.852. The number of piperazine rings is 1. The molecule has 2 rings (SSSR count). The molecule has 2 unspecified atom stereocenters. The molecule has 1 fully saturated rings. The second-order valence-electron chi connectivity index (χ2n) is 4.74. The van der Waals surface area contributed by atoms with Crippen molar-refractivity contribution in [2.24, 2.45) is 0 Å². The standard InChI is InChI=1S/C13H18F2N2/c1-9-6-16-7-10(2)17(9)8-11-4-3-5-12(14)13(11)15/h3-5,9-10,16H,6-8H2,1-2H3. The normalized spacial score (nSPS) is 26.1. The molecule has 1 aromatic rings. The molecule has 1 N–H and O–H groups in total. The molecule has 0 bridgehead atoms. The molecule has 0 spiro atoms. The van der Waals surface area contributed by atoms with E-state index in [2.05, 4.69) is 24.1 Å². The minimum atomic E-state index is -0.766. The molecule has 0 radical (unpaired) electrons. The predicted octanol–water partition coefficient (Wildman–Crippen LogP) is 2.15. The molecule has 0 amide bonds. The van der Waals surface area contributed by atoms with Crippen LogP contribution in [0.15, 0.2) is 18.2 Å². The fourth-order valence-electron chi connectivity index (χ4n) is 2.35. The van der Waals surface area contributed by atoms with Gasteiger partial charge in [0.2, 0.25) is 0 Å². The van der Waals surface area contributed by atoms with Gasteiger partial charge in [-0.1, -0.05) is 12.1 Å². The van der Waals surface area contributed by atoms with E-state index in [1.54, 1.807) is 12.1 Å². The molecular formula is C13H18F2N2. The molecule has 0 saturated carbocycles. The number of hydrogen-bond donors (Lipinski definition) is 1. The number of nitrogens with zero attached hydrogens (tertiary/aromatic N) is 1. The Morgan fingerprint density at radius 1 is 1.24 bits per heavy atom. The van der Waals surface area contributed by atoms with Crippen LogP contribution >= 0.6 is 0 Å². The first-order valence-corrected chi connectivity index (χ1v) is 5.99. The number of rotatable bonds is 2. The van der Waals surface area contributed by atoms with Crippen molar-refractivity contribution in [3.05, 3.63) is 35.4 Å². The van der Waals surface area contributed by atoms with Crippen LogP contribution in [-0.2, 0) is 6.54 Å². The molecule has 1 saturated heterocycles. The maximum atomic E-state index is 13.6. The van der Waals surface area contributed by atoms with Gasteiger partial charge in [0.1, 0.15) is 0 Å². The summed E-state index contributed by atoms with van der Waals surface area (Å²) in [6, 6.07) is 5.04. The third kappa shape index (κ3) is 2.64. The summed E-state index contributed by atoms with van der Waals surface area (Å²) in [4.78, 5) is 2.20. The van der Waals surface area contributed by atoms with E-state index in [0.717, 1.165) is 19.2 Å². The highest BCUT2D eigenvalue weighted by molar-refractivity contribution is 5.19. The van der Waals surface area contributed by atoms with Crippen molar-refractivity contribution in [2.75, 3.05) is 13.1 Å². The summed E-state index contributed by atoms with van der Waals surface area (Å²) in [7, 11) is 0. The zero-order valence-electron chi connectivity index (χ0n) is 10.2. The Morgan fingerprint density at radius 3 is 2.53 bits per heavy atom. The van der Waals surface area contributed by atoms with Gasteiger partial charge in [-0.3, -0.25) is 4.90 Å². The Hall–Kier alpha value is -1.00. The van der Waals surface area contributed by atoms with Gasteiger partial charge >= 0.3 is 0 Å². The van der Waals surface area contributed by atoms with Gasteiger partial charge < -0.3 is 5.32 Å². The van der Waals surface area contributed by atoms with E-state index in [1.165, 1.54) is 0 Å². The van der Waals surface area contributed by atoms with Crippen LogP contribution in [-0.4, -0.2) is 30.1 Å². The second-order valence-corrected chi connectivity index (χ2v) is 4.74. The highest BCUT2D eigenvalue weighted by atomic mass is 19.2. The molecular weight excluding hydrogens is 222 g/mol. The maximum absolute atomic E-state index is 13.6. The van der Waals surface area contributed by atoms with E-state index in [4.69, 9.17) is 0 Å². The first-order chi connectivity index (χ1) is 8.09. The van der Waals surface area contributed by atoms with Crippen molar-refractivity contribution in [3.8, 4) is 0 Å². The molecule has 94 valence electrons. The molecule has 4 heteroatoms. The van der Waals surface area contributed by atoms with Crippen LogP contribution in [0.2, 0.25) is 0 Å². The molecule has 1 aromatic carbocycles. The number of benzene rings is 1. The van der Waals surface area contributed by atoms with Crippen LogP contribution in [0.3, 0.4) is 0 Å². The van der Waals surface area contributed by atoms with E-state index in [0.29, 0.717) is 24.2 Å². The number of hydrogen-bond acceptors (Lipinski definition) is 2. The predicted molar refractivity (Wildman–Crippen MR) is 63.7 cm³/mol. The molecule has 1 aliphatic heterocycles. The first kappa shape index (κ1) is 12.5. The summed E-state index contributed by atoms with van der Waals surface area (Å²) in [5.41, 5.74) is 0.436. The van der Waals surface area contributed by atoms with Crippen LogP contribution in [0, 0.1) is 11.6 Å². The Labute approximate surface area is 101 Å². The van der Waals surface area contributed by atoms with Gasteiger partial charge in [-0.15, -0.1) is 0 Å². The van der Waals surface area contributed by atoms with Crippen molar-refractivity contribution in [3.63, 3.8) is 0 Å². The molecule has 2 nitrogen and oxygen atoms in total. The first-order valence-electron chi connectivity index (χ1n) is 5.99. The lowest BCUT2D eigenvalue weighted by Gasteiger charge is -2.39. The van der Waals surface area contributed by atoms with E-state index in [9.17, 15) is 8.78 Å². The summed E-state index contributed by atoms with van der Waals surface area (Å²) in [6.07, 6.45) is 0. The van der Waals surface area contributed by atoms with Crippen molar-refractivity contribution < 1.29 is 8.78 Å². The van der Waals surface area contributed by atoms with Crippen LogP contribution in [0.1, 0.15) is 19.4 Å². The van der Waals surface area contributed by atoms with Crippen LogP contribution < -0.4 is 5.32 Å². The van der Waals surface area contributed by atoms with E-state index in [-0.39, 0.29) is 0 Å². The highest BCUT2D eigenvalue weighted by Crippen LogP contribution is 2.18. The van der Waals surface area contributed by atoms with Crippen molar-refractivity contribution in [2.45, 2.75) is 32.5 Å². The molecule has 1 heterocycles. The van der Waals surface area contributed by atoms with Crippen molar-refractivity contribution >= 4 is 0 Å². The fourth-order valence-corrected chi connectivity index (χ4v) is 2.35. The molecule has 0 aliphatic carbocycles. The topological polar surface area (TPSA) is 15.3 Å². The number of nitrogens with one attached hydrogen (secondary N) is 1. The van der Waals surface area contributed by atoms with Gasteiger partial charge in [0.15, 0.2) is 11.6 Å². The minimum Gasteiger partial charge on any atom is -0.314 e. The summed E-state index contributed by atoms with van der Waals surface area (Å²) >= 11 is 0. The van der Waals surface area contributed by atoms with E-state index >= 15 is 0 Å². The largest absolute Gasteiger partial charge is 0.314 e. The van der Waals surface area contributed by atoms with Gasteiger partial charge in [0, 0.05) is 37.3 Å². The van der Waals surface area contributed by atoms with E-state index < -0.39 is 11.6 Å². The lowest BCUT2D eigenvalue weighted by molar-refractivity contribution is 0.107. The Balaban J connectivity index is 2.16.